The predicted octanol–water partition coefficient (Wildman–Crippen LogP) is 3.60. The van der Waals surface area contributed by atoms with E-state index >= 15 is 0 Å². The van der Waals surface area contributed by atoms with E-state index in [1.165, 1.54) is 30.4 Å². The first-order chi connectivity index (χ1) is 9.75. The topological polar surface area (TPSA) is 30.5 Å². The third kappa shape index (κ3) is 2.96. The van der Waals surface area contributed by atoms with Crippen LogP contribution in [0.4, 0.5) is 0 Å². The molecule has 1 saturated heterocycles. The lowest BCUT2D eigenvalue weighted by Gasteiger charge is -2.25. The number of hydrogen-bond acceptors (Lipinski definition) is 3. The molecule has 0 saturated carbocycles. The first-order valence-corrected chi connectivity index (χ1v) is 8.36. The van der Waals surface area contributed by atoms with E-state index in [-0.39, 0.29) is 0 Å². The van der Waals surface area contributed by atoms with Crippen LogP contribution >= 0.6 is 15.9 Å². The molecule has 2 aliphatic rings. The molecule has 1 atom stereocenters. The van der Waals surface area contributed by atoms with Crippen LogP contribution in [0.15, 0.2) is 10.5 Å². The summed E-state index contributed by atoms with van der Waals surface area (Å²) in [5.41, 5.74) is 2.58. The van der Waals surface area contributed by atoms with E-state index in [4.69, 9.17) is 9.47 Å². The molecular formula is C16H22BrNO2. The van der Waals surface area contributed by atoms with Crippen LogP contribution in [0.1, 0.15) is 36.8 Å². The minimum Gasteiger partial charge on any atom is -0.490 e. The second kappa shape index (κ2) is 6.35. The lowest BCUT2D eigenvalue weighted by atomic mass is 9.94. The van der Waals surface area contributed by atoms with Crippen LogP contribution in [0, 0.1) is 6.92 Å². The summed E-state index contributed by atoms with van der Waals surface area (Å²) in [6.07, 6.45) is 5.91. The van der Waals surface area contributed by atoms with E-state index in [9.17, 15) is 0 Å². The zero-order chi connectivity index (χ0) is 13.9. The van der Waals surface area contributed by atoms with Crippen LogP contribution in [0.3, 0.4) is 0 Å². The number of nitrogens with one attached hydrogen (secondary N) is 1. The van der Waals surface area contributed by atoms with Crippen molar-refractivity contribution in [2.45, 2.75) is 45.1 Å². The molecule has 2 heterocycles. The van der Waals surface area contributed by atoms with Gasteiger partial charge in [0.15, 0.2) is 11.5 Å². The summed E-state index contributed by atoms with van der Waals surface area (Å²) in [5.74, 6) is 1.82. The highest BCUT2D eigenvalue weighted by Gasteiger charge is 2.21. The van der Waals surface area contributed by atoms with Crippen molar-refractivity contribution < 1.29 is 9.47 Å². The maximum atomic E-state index is 5.90. The zero-order valence-electron chi connectivity index (χ0n) is 12.0. The average molecular weight is 340 g/mol. The van der Waals surface area contributed by atoms with Crippen molar-refractivity contribution in [2.24, 2.45) is 0 Å². The van der Waals surface area contributed by atoms with E-state index in [1.54, 1.807) is 0 Å². The first kappa shape index (κ1) is 14.2. The van der Waals surface area contributed by atoms with Gasteiger partial charge >= 0.3 is 0 Å². The van der Waals surface area contributed by atoms with Crippen molar-refractivity contribution in [1.29, 1.82) is 0 Å². The van der Waals surface area contributed by atoms with Crippen LogP contribution in [0.5, 0.6) is 11.5 Å². The highest BCUT2D eigenvalue weighted by molar-refractivity contribution is 9.10. The number of hydrogen-bond donors (Lipinski definition) is 1. The van der Waals surface area contributed by atoms with Gasteiger partial charge in [0.05, 0.1) is 13.2 Å². The van der Waals surface area contributed by atoms with Gasteiger partial charge in [-0.15, -0.1) is 0 Å². The Morgan fingerprint density at radius 1 is 1.25 bits per heavy atom. The number of benzene rings is 1. The molecule has 20 heavy (non-hydrogen) atoms. The number of ether oxygens (including phenoxy) is 2. The molecule has 1 fully saturated rings. The normalized spacial score (nSPS) is 22.4. The van der Waals surface area contributed by atoms with Gasteiger partial charge in [-0.3, -0.25) is 0 Å². The molecule has 1 N–H and O–H groups in total. The van der Waals surface area contributed by atoms with E-state index in [2.05, 4.69) is 34.2 Å². The summed E-state index contributed by atoms with van der Waals surface area (Å²) < 4.78 is 12.8. The number of fused-ring (bicyclic) bond motifs is 1. The summed E-state index contributed by atoms with van der Waals surface area (Å²) in [5, 5.41) is 3.62. The van der Waals surface area contributed by atoms with Crippen LogP contribution < -0.4 is 14.8 Å². The smallest absolute Gasteiger partial charge is 0.164 e. The molecule has 110 valence electrons. The monoisotopic (exact) mass is 339 g/mol. The third-order valence-corrected chi connectivity index (χ3v) is 4.93. The third-order valence-electron chi connectivity index (χ3n) is 4.22. The Bertz CT molecular complexity index is 484. The molecule has 2 aliphatic heterocycles. The molecule has 0 aromatic heterocycles. The second-order valence-electron chi connectivity index (χ2n) is 5.69. The molecule has 1 unspecified atom stereocenters. The number of halogens is 1. The quantitative estimate of drug-likeness (QED) is 0.892. The summed E-state index contributed by atoms with van der Waals surface area (Å²) in [7, 11) is 0. The van der Waals surface area contributed by atoms with Crippen LogP contribution in [0.25, 0.3) is 0 Å². The molecule has 0 bridgehead atoms. The van der Waals surface area contributed by atoms with Crippen LogP contribution in [-0.2, 0) is 6.42 Å². The Balaban J connectivity index is 1.88. The molecule has 3 rings (SSSR count). The molecule has 3 nitrogen and oxygen atoms in total. The van der Waals surface area contributed by atoms with Crippen molar-refractivity contribution in [2.75, 3.05) is 19.8 Å². The molecule has 4 heteroatoms. The van der Waals surface area contributed by atoms with Crippen molar-refractivity contribution in [3.63, 3.8) is 0 Å². The van der Waals surface area contributed by atoms with Gasteiger partial charge in [0.2, 0.25) is 0 Å². The Morgan fingerprint density at radius 3 is 2.90 bits per heavy atom. The minimum absolute atomic E-state index is 0.587. The highest BCUT2D eigenvalue weighted by Crippen LogP contribution is 2.40. The van der Waals surface area contributed by atoms with Crippen LogP contribution in [-0.4, -0.2) is 25.8 Å². The Hall–Kier alpha value is -0.740. The Labute approximate surface area is 129 Å². The van der Waals surface area contributed by atoms with Gasteiger partial charge in [-0.2, -0.15) is 0 Å². The highest BCUT2D eigenvalue weighted by atomic mass is 79.9. The number of rotatable bonds is 2. The Kier molecular flexibility index (Phi) is 4.51. The van der Waals surface area contributed by atoms with Gasteiger partial charge in [-0.25, -0.2) is 0 Å². The number of piperidine rings is 1. The van der Waals surface area contributed by atoms with Crippen molar-refractivity contribution >= 4 is 15.9 Å². The Morgan fingerprint density at radius 2 is 2.10 bits per heavy atom. The fourth-order valence-electron chi connectivity index (χ4n) is 3.07. The molecule has 1 aromatic rings. The SMILES string of the molecule is Cc1c(CC2CCCCN2)c(Br)cc2c1OCCCO2. The standard InChI is InChI=1S/C16H22BrNO2/c1-11-13(9-12-5-2-3-6-18-12)14(17)10-15-16(11)20-8-4-7-19-15/h10,12,18H,2-9H2,1H3. The van der Waals surface area contributed by atoms with E-state index in [0.29, 0.717) is 6.04 Å². The van der Waals surface area contributed by atoms with Crippen molar-refractivity contribution in [1.82, 2.24) is 5.32 Å². The lowest BCUT2D eigenvalue weighted by molar-refractivity contribution is 0.296. The fourth-order valence-corrected chi connectivity index (χ4v) is 3.73. The van der Waals surface area contributed by atoms with Gasteiger partial charge < -0.3 is 14.8 Å². The van der Waals surface area contributed by atoms with Gasteiger partial charge in [-0.1, -0.05) is 22.4 Å². The minimum atomic E-state index is 0.587. The van der Waals surface area contributed by atoms with Crippen molar-refractivity contribution in [3.05, 3.63) is 21.7 Å². The van der Waals surface area contributed by atoms with Crippen molar-refractivity contribution in [3.8, 4) is 11.5 Å². The largest absolute Gasteiger partial charge is 0.490 e. The summed E-state index contributed by atoms with van der Waals surface area (Å²) >= 11 is 3.72. The first-order valence-electron chi connectivity index (χ1n) is 7.56. The lowest BCUT2D eigenvalue weighted by Crippen LogP contribution is -2.35. The predicted molar refractivity (Wildman–Crippen MR) is 83.8 cm³/mol. The van der Waals surface area contributed by atoms with Crippen LogP contribution in [0.2, 0.25) is 0 Å². The maximum Gasteiger partial charge on any atom is 0.164 e. The molecule has 0 aliphatic carbocycles. The fraction of sp³-hybridized carbons (Fsp3) is 0.625. The summed E-state index contributed by atoms with van der Waals surface area (Å²) in [6.45, 7) is 4.78. The van der Waals surface area contributed by atoms with E-state index in [0.717, 1.165) is 48.6 Å². The van der Waals surface area contributed by atoms with E-state index in [1.807, 2.05) is 0 Å². The van der Waals surface area contributed by atoms with Gasteiger partial charge in [-0.05, 0) is 49.9 Å². The molecular weight excluding hydrogens is 318 g/mol. The molecule has 0 amide bonds. The second-order valence-corrected chi connectivity index (χ2v) is 6.54. The summed E-state index contributed by atoms with van der Waals surface area (Å²) in [4.78, 5) is 0. The van der Waals surface area contributed by atoms with E-state index < -0.39 is 0 Å². The van der Waals surface area contributed by atoms with Gasteiger partial charge in [0.1, 0.15) is 0 Å². The summed E-state index contributed by atoms with van der Waals surface area (Å²) in [6, 6.07) is 2.66. The van der Waals surface area contributed by atoms with Gasteiger partial charge in [0, 0.05) is 16.9 Å². The molecule has 0 spiro atoms. The average Bonchev–Trinajstić information content (AvgIpc) is 2.70. The zero-order valence-corrected chi connectivity index (χ0v) is 13.6. The van der Waals surface area contributed by atoms with Gasteiger partial charge in [0.25, 0.3) is 0 Å². The maximum absolute atomic E-state index is 5.90. The molecule has 0 radical (unpaired) electrons. The molecule has 1 aromatic carbocycles.